The molecule has 0 radical (unpaired) electrons. The first-order valence-corrected chi connectivity index (χ1v) is 5.77. The summed E-state index contributed by atoms with van der Waals surface area (Å²) in [4.78, 5) is 33.9. The van der Waals surface area contributed by atoms with Crippen molar-refractivity contribution in [2.24, 2.45) is 5.92 Å². The van der Waals surface area contributed by atoms with Gasteiger partial charge in [-0.3, -0.25) is 9.59 Å². The molecule has 0 aromatic heterocycles. The van der Waals surface area contributed by atoms with Crippen molar-refractivity contribution in [3.63, 3.8) is 0 Å². The van der Waals surface area contributed by atoms with Crippen LogP contribution in [0, 0.1) is 12.8 Å². The van der Waals surface area contributed by atoms with E-state index in [0.717, 1.165) is 5.56 Å². The summed E-state index contributed by atoms with van der Waals surface area (Å²) in [5, 5.41) is 8.45. The number of carboxylic acids is 1. The van der Waals surface area contributed by atoms with Crippen LogP contribution in [0.3, 0.4) is 0 Å². The van der Waals surface area contributed by atoms with Gasteiger partial charge in [0, 0.05) is 17.9 Å². The maximum absolute atomic E-state index is 12.0. The van der Waals surface area contributed by atoms with Gasteiger partial charge >= 0.3 is 5.97 Å². The van der Waals surface area contributed by atoms with E-state index in [9.17, 15) is 14.4 Å². The zero-order valence-corrected chi connectivity index (χ0v) is 10.8. The van der Waals surface area contributed by atoms with Crippen LogP contribution >= 0.6 is 11.6 Å². The molecule has 0 heterocycles. The highest BCUT2D eigenvalue weighted by molar-refractivity contribution is 6.63. The molecular weight excluding hydrogens is 256 g/mol. The minimum atomic E-state index is -1.16. The Bertz CT molecular complexity index is 508. The number of hydrogen-bond acceptors (Lipinski definition) is 3. The zero-order chi connectivity index (χ0) is 13.9. The standard InChI is InChI=1S/C13H13ClO4/c1-7-3-4-9(10(5-7)13(17)18)12(16)8(2)6-11(14)15/h3-5,8H,6H2,1-2H3,(H,17,18). The van der Waals surface area contributed by atoms with Crippen molar-refractivity contribution in [2.45, 2.75) is 20.3 Å². The molecule has 0 bridgehead atoms. The van der Waals surface area contributed by atoms with Crippen molar-refractivity contribution < 1.29 is 19.5 Å². The van der Waals surface area contributed by atoms with Crippen molar-refractivity contribution in [2.75, 3.05) is 0 Å². The van der Waals surface area contributed by atoms with Gasteiger partial charge in [0.25, 0.3) is 0 Å². The van der Waals surface area contributed by atoms with Gasteiger partial charge in [0.2, 0.25) is 5.24 Å². The summed E-state index contributed by atoms with van der Waals surface area (Å²) in [5.74, 6) is -2.18. The second-order valence-electron chi connectivity index (χ2n) is 4.18. The Hall–Kier alpha value is -1.68. The molecule has 18 heavy (non-hydrogen) atoms. The molecule has 4 nitrogen and oxygen atoms in total. The molecule has 1 N–H and O–H groups in total. The smallest absolute Gasteiger partial charge is 0.336 e. The van der Waals surface area contributed by atoms with Gasteiger partial charge in [0.05, 0.1) is 5.56 Å². The Balaban J connectivity index is 3.12. The van der Waals surface area contributed by atoms with Gasteiger partial charge in [0.15, 0.2) is 5.78 Å². The average Bonchev–Trinajstić information content (AvgIpc) is 2.26. The summed E-state index contributed by atoms with van der Waals surface area (Å²) in [7, 11) is 0. The number of carbonyl (C=O) groups excluding carboxylic acids is 2. The molecule has 1 aromatic carbocycles. The topological polar surface area (TPSA) is 71.4 Å². The third-order valence-corrected chi connectivity index (χ3v) is 2.74. The van der Waals surface area contributed by atoms with Gasteiger partial charge in [-0.1, -0.05) is 24.6 Å². The Morgan fingerprint density at radius 2 is 1.89 bits per heavy atom. The fourth-order valence-electron chi connectivity index (χ4n) is 1.65. The van der Waals surface area contributed by atoms with Gasteiger partial charge in [-0.2, -0.15) is 0 Å². The van der Waals surface area contributed by atoms with E-state index < -0.39 is 17.1 Å². The van der Waals surface area contributed by atoms with Crippen molar-refractivity contribution in [3.05, 3.63) is 34.9 Å². The molecule has 0 amide bonds. The highest BCUT2D eigenvalue weighted by Gasteiger charge is 2.22. The summed E-state index contributed by atoms with van der Waals surface area (Å²) < 4.78 is 0. The molecule has 0 saturated heterocycles. The molecular formula is C13H13ClO4. The lowest BCUT2D eigenvalue weighted by Crippen LogP contribution is -2.17. The fraction of sp³-hybridized carbons (Fsp3) is 0.308. The molecule has 0 aliphatic rings. The summed E-state index contributed by atoms with van der Waals surface area (Å²) in [6, 6.07) is 4.57. The third kappa shape index (κ3) is 3.40. The van der Waals surface area contributed by atoms with E-state index in [-0.39, 0.29) is 23.3 Å². The third-order valence-electron chi connectivity index (χ3n) is 2.59. The average molecular weight is 269 g/mol. The first-order valence-electron chi connectivity index (χ1n) is 5.39. The summed E-state index contributed by atoms with van der Waals surface area (Å²) in [5.41, 5.74) is 0.817. The fourth-order valence-corrected chi connectivity index (χ4v) is 1.88. The minimum absolute atomic E-state index is 0.0473. The molecule has 1 aromatic rings. The van der Waals surface area contributed by atoms with Gasteiger partial charge < -0.3 is 5.11 Å². The molecule has 0 saturated carbocycles. The maximum atomic E-state index is 12.0. The second kappa shape index (κ2) is 5.78. The monoisotopic (exact) mass is 268 g/mol. The Morgan fingerprint density at radius 1 is 1.28 bits per heavy atom. The normalized spacial score (nSPS) is 11.9. The largest absolute Gasteiger partial charge is 0.478 e. The first kappa shape index (κ1) is 14.4. The van der Waals surface area contributed by atoms with Crippen LogP contribution < -0.4 is 0 Å². The maximum Gasteiger partial charge on any atom is 0.336 e. The molecule has 1 rings (SSSR count). The molecule has 0 aliphatic carbocycles. The molecule has 5 heteroatoms. The van der Waals surface area contributed by atoms with E-state index in [4.69, 9.17) is 16.7 Å². The van der Waals surface area contributed by atoms with Crippen molar-refractivity contribution >= 4 is 28.6 Å². The number of carboxylic acid groups (broad SMARTS) is 1. The molecule has 0 aliphatic heterocycles. The molecule has 0 fully saturated rings. The lowest BCUT2D eigenvalue weighted by molar-refractivity contribution is -0.112. The van der Waals surface area contributed by atoms with Gasteiger partial charge in [-0.25, -0.2) is 4.79 Å². The van der Waals surface area contributed by atoms with Crippen LogP contribution in [0.2, 0.25) is 0 Å². The second-order valence-corrected chi connectivity index (χ2v) is 4.60. The van der Waals surface area contributed by atoms with E-state index in [0.29, 0.717) is 0 Å². The minimum Gasteiger partial charge on any atom is -0.478 e. The first-order chi connectivity index (χ1) is 8.32. The molecule has 96 valence electrons. The lowest BCUT2D eigenvalue weighted by Gasteiger charge is -2.10. The van der Waals surface area contributed by atoms with Crippen molar-refractivity contribution in [1.29, 1.82) is 0 Å². The van der Waals surface area contributed by atoms with Crippen LogP contribution in [0.4, 0.5) is 0 Å². The Kier molecular flexibility index (Phi) is 4.62. The summed E-state index contributed by atoms with van der Waals surface area (Å²) >= 11 is 5.22. The van der Waals surface area contributed by atoms with E-state index in [2.05, 4.69) is 0 Å². The van der Waals surface area contributed by atoms with Gasteiger partial charge in [0.1, 0.15) is 0 Å². The van der Waals surface area contributed by atoms with Gasteiger partial charge in [-0.15, -0.1) is 0 Å². The van der Waals surface area contributed by atoms with Crippen LogP contribution in [0.25, 0.3) is 0 Å². The lowest BCUT2D eigenvalue weighted by atomic mass is 9.92. The molecule has 1 atom stereocenters. The van der Waals surface area contributed by atoms with Gasteiger partial charge in [-0.05, 0) is 24.6 Å². The predicted octanol–water partition coefficient (Wildman–Crippen LogP) is 2.67. The Morgan fingerprint density at radius 3 is 2.39 bits per heavy atom. The predicted molar refractivity (Wildman–Crippen MR) is 67.1 cm³/mol. The van der Waals surface area contributed by atoms with Crippen LogP contribution in [0.15, 0.2) is 18.2 Å². The summed E-state index contributed by atoms with van der Waals surface area (Å²) in [6.07, 6.45) is -0.104. The van der Waals surface area contributed by atoms with E-state index >= 15 is 0 Å². The number of halogens is 1. The number of Topliss-reactive ketones (excluding diaryl/α,β-unsaturated/α-hetero) is 1. The van der Waals surface area contributed by atoms with E-state index in [1.54, 1.807) is 19.9 Å². The highest BCUT2D eigenvalue weighted by Crippen LogP contribution is 2.19. The number of hydrogen-bond donors (Lipinski definition) is 1. The molecule has 0 spiro atoms. The van der Waals surface area contributed by atoms with Crippen LogP contribution in [-0.2, 0) is 4.79 Å². The number of benzene rings is 1. The number of aryl methyl sites for hydroxylation is 1. The van der Waals surface area contributed by atoms with Crippen molar-refractivity contribution in [1.82, 2.24) is 0 Å². The Labute approximate surface area is 110 Å². The van der Waals surface area contributed by atoms with Crippen LogP contribution in [0.5, 0.6) is 0 Å². The number of ketones is 1. The van der Waals surface area contributed by atoms with Crippen LogP contribution in [0.1, 0.15) is 39.6 Å². The quantitative estimate of drug-likeness (QED) is 0.658. The zero-order valence-electron chi connectivity index (χ0n) is 10.1. The number of carbonyl (C=O) groups is 3. The van der Waals surface area contributed by atoms with E-state index in [1.807, 2.05) is 0 Å². The number of rotatable bonds is 5. The summed E-state index contributed by atoms with van der Waals surface area (Å²) in [6.45, 7) is 3.29. The van der Waals surface area contributed by atoms with Crippen molar-refractivity contribution in [3.8, 4) is 0 Å². The number of aromatic carboxylic acids is 1. The molecule has 1 unspecified atom stereocenters. The van der Waals surface area contributed by atoms with Crippen LogP contribution in [-0.4, -0.2) is 22.1 Å². The highest BCUT2D eigenvalue weighted by atomic mass is 35.5. The van der Waals surface area contributed by atoms with E-state index in [1.165, 1.54) is 12.1 Å². The SMILES string of the molecule is Cc1ccc(C(=O)C(C)CC(=O)Cl)c(C(=O)O)c1.